The van der Waals surface area contributed by atoms with Crippen molar-refractivity contribution >= 4 is 11.8 Å². The van der Waals surface area contributed by atoms with Crippen molar-refractivity contribution in [3.8, 4) is 5.75 Å². The standard InChI is InChI=1S/C11H19N3OS/c1-3-14-11(8(15-2)7-13-14)10(12)9-5-4-6-16-9/h7,9-10H,3-6,12H2,1-2H3. The van der Waals surface area contributed by atoms with Crippen LogP contribution in [0.1, 0.15) is 31.5 Å². The van der Waals surface area contributed by atoms with E-state index in [0.29, 0.717) is 5.25 Å². The number of hydrogen-bond acceptors (Lipinski definition) is 4. The van der Waals surface area contributed by atoms with Gasteiger partial charge in [0.15, 0.2) is 5.75 Å². The maximum Gasteiger partial charge on any atom is 0.161 e. The van der Waals surface area contributed by atoms with Crippen molar-refractivity contribution in [1.29, 1.82) is 0 Å². The molecule has 0 saturated carbocycles. The number of thioether (sulfide) groups is 1. The van der Waals surface area contributed by atoms with E-state index in [1.165, 1.54) is 18.6 Å². The molecule has 2 N–H and O–H groups in total. The highest BCUT2D eigenvalue weighted by Crippen LogP contribution is 2.37. The molecule has 1 aromatic heterocycles. The molecule has 2 unspecified atom stereocenters. The first-order valence-electron chi connectivity index (χ1n) is 5.74. The predicted octanol–water partition coefficient (Wildman–Crippen LogP) is 1.81. The van der Waals surface area contributed by atoms with E-state index in [0.717, 1.165) is 18.0 Å². The van der Waals surface area contributed by atoms with Crippen molar-refractivity contribution < 1.29 is 4.74 Å². The van der Waals surface area contributed by atoms with Crippen molar-refractivity contribution in [1.82, 2.24) is 9.78 Å². The second-order valence-electron chi connectivity index (χ2n) is 3.99. The number of ether oxygens (including phenoxy) is 1. The van der Waals surface area contributed by atoms with E-state index >= 15 is 0 Å². The lowest BCUT2D eigenvalue weighted by molar-refractivity contribution is 0.400. The van der Waals surface area contributed by atoms with Crippen LogP contribution in [0.2, 0.25) is 0 Å². The molecule has 5 heteroatoms. The molecule has 0 aliphatic carbocycles. The molecule has 0 spiro atoms. The molecule has 90 valence electrons. The number of methoxy groups -OCH3 is 1. The van der Waals surface area contributed by atoms with E-state index in [1.807, 2.05) is 16.4 Å². The lowest BCUT2D eigenvalue weighted by Crippen LogP contribution is -2.25. The molecule has 0 bridgehead atoms. The third kappa shape index (κ3) is 2.06. The van der Waals surface area contributed by atoms with Crippen LogP contribution in [0, 0.1) is 0 Å². The third-order valence-corrected chi connectivity index (χ3v) is 4.53. The Morgan fingerprint density at radius 3 is 3.12 bits per heavy atom. The molecular formula is C11H19N3OS. The molecule has 1 fully saturated rings. The first-order chi connectivity index (χ1) is 7.77. The van der Waals surface area contributed by atoms with E-state index in [1.54, 1.807) is 13.3 Å². The lowest BCUT2D eigenvalue weighted by atomic mass is 10.1. The molecule has 16 heavy (non-hydrogen) atoms. The van der Waals surface area contributed by atoms with Crippen molar-refractivity contribution in [3.63, 3.8) is 0 Å². The second-order valence-corrected chi connectivity index (χ2v) is 5.34. The van der Waals surface area contributed by atoms with Crippen molar-refractivity contribution in [3.05, 3.63) is 11.9 Å². The van der Waals surface area contributed by atoms with Gasteiger partial charge in [-0.1, -0.05) is 0 Å². The van der Waals surface area contributed by atoms with Gasteiger partial charge in [0.2, 0.25) is 0 Å². The molecule has 2 rings (SSSR count). The monoisotopic (exact) mass is 241 g/mol. The van der Waals surface area contributed by atoms with Crippen LogP contribution >= 0.6 is 11.8 Å². The molecule has 4 nitrogen and oxygen atoms in total. The van der Waals surface area contributed by atoms with E-state index in [4.69, 9.17) is 10.5 Å². The zero-order valence-electron chi connectivity index (χ0n) is 9.85. The van der Waals surface area contributed by atoms with Gasteiger partial charge in [-0.2, -0.15) is 16.9 Å². The summed E-state index contributed by atoms with van der Waals surface area (Å²) in [4.78, 5) is 0. The molecule has 0 aromatic carbocycles. The smallest absolute Gasteiger partial charge is 0.161 e. The summed E-state index contributed by atoms with van der Waals surface area (Å²) in [6.45, 7) is 2.91. The van der Waals surface area contributed by atoms with Crippen LogP contribution in [0.5, 0.6) is 5.75 Å². The lowest BCUT2D eigenvalue weighted by Gasteiger charge is -2.20. The maximum absolute atomic E-state index is 6.34. The SMILES string of the molecule is CCn1ncc(OC)c1C(N)C1CCCS1. The second kappa shape index (κ2) is 5.10. The summed E-state index contributed by atoms with van der Waals surface area (Å²) in [6.07, 6.45) is 4.23. The normalized spacial score (nSPS) is 22.3. The van der Waals surface area contributed by atoms with E-state index < -0.39 is 0 Å². The molecule has 1 saturated heterocycles. The zero-order chi connectivity index (χ0) is 11.5. The van der Waals surface area contributed by atoms with Gasteiger partial charge in [0.05, 0.1) is 25.0 Å². The fraction of sp³-hybridized carbons (Fsp3) is 0.727. The van der Waals surface area contributed by atoms with Gasteiger partial charge in [-0.25, -0.2) is 0 Å². The van der Waals surface area contributed by atoms with Crippen LogP contribution in [-0.2, 0) is 6.54 Å². The molecule has 2 heterocycles. The minimum absolute atomic E-state index is 0.0323. The average molecular weight is 241 g/mol. The van der Waals surface area contributed by atoms with Crippen molar-refractivity contribution in [2.45, 2.75) is 37.6 Å². The average Bonchev–Trinajstić information content (AvgIpc) is 2.96. The Balaban J connectivity index is 2.25. The first kappa shape index (κ1) is 11.8. The highest BCUT2D eigenvalue weighted by atomic mass is 32.2. The summed E-state index contributed by atoms with van der Waals surface area (Å²) in [5.74, 6) is 2.04. The summed E-state index contributed by atoms with van der Waals surface area (Å²) in [5, 5.41) is 4.81. The van der Waals surface area contributed by atoms with Gasteiger partial charge in [0.25, 0.3) is 0 Å². The van der Waals surface area contributed by atoms with Crippen LogP contribution in [0.25, 0.3) is 0 Å². The van der Waals surface area contributed by atoms with E-state index in [9.17, 15) is 0 Å². The quantitative estimate of drug-likeness (QED) is 0.873. The molecule has 1 aliphatic rings. The Bertz CT molecular complexity index is 325. The number of aryl methyl sites for hydroxylation is 1. The molecule has 0 radical (unpaired) electrons. The molecule has 2 atom stereocenters. The maximum atomic E-state index is 6.34. The summed E-state index contributed by atoms with van der Waals surface area (Å²) in [7, 11) is 1.68. The van der Waals surface area contributed by atoms with Crippen LogP contribution in [-0.4, -0.2) is 27.9 Å². The van der Waals surface area contributed by atoms with Crippen LogP contribution in [0.15, 0.2) is 6.20 Å². The summed E-state index contributed by atoms with van der Waals surface area (Å²) in [6, 6.07) is 0.0323. The fourth-order valence-electron chi connectivity index (χ4n) is 2.19. The van der Waals surface area contributed by atoms with Crippen molar-refractivity contribution in [2.75, 3.05) is 12.9 Å². The fourth-order valence-corrected chi connectivity index (χ4v) is 3.49. The summed E-state index contributed by atoms with van der Waals surface area (Å²) >= 11 is 1.97. The third-order valence-electron chi connectivity index (χ3n) is 3.05. The van der Waals surface area contributed by atoms with Crippen molar-refractivity contribution in [2.24, 2.45) is 5.73 Å². The van der Waals surface area contributed by atoms with Gasteiger partial charge in [-0.05, 0) is 25.5 Å². The summed E-state index contributed by atoms with van der Waals surface area (Å²) < 4.78 is 7.28. The van der Waals surface area contributed by atoms with E-state index in [2.05, 4.69) is 12.0 Å². The number of nitrogens with two attached hydrogens (primary N) is 1. The van der Waals surface area contributed by atoms with Gasteiger partial charge in [-0.15, -0.1) is 0 Å². The Kier molecular flexibility index (Phi) is 3.76. The van der Waals surface area contributed by atoms with Gasteiger partial charge in [0, 0.05) is 11.8 Å². The Morgan fingerprint density at radius 1 is 1.75 bits per heavy atom. The number of hydrogen-bond donors (Lipinski definition) is 1. The topological polar surface area (TPSA) is 53.1 Å². The number of rotatable bonds is 4. The zero-order valence-corrected chi connectivity index (χ0v) is 10.7. The van der Waals surface area contributed by atoms with Crippen LogP contribution < -0.4 is 10.5 Å². The number of aromatic nitrogens is 2. The molecule has 1 aromatic rings. The minimum atomic E-state index is 0.0323. The molecule has 0 amide bonds. The summed E-state index contributed by atoms with van der Waals surface area (Å²) in [5.41, 5.74) is 7.38. The Labute approximate surface area is 101 Å². The van der Waals surface area contributed by atoms with Gasteiger partial charge in [0.1, 0.15) is 0 Å². The number of nitrogens with zero attached hydrogens (tertiary/aromatic N) is 2. The predicted molar refractivity (Wildman–Crippen MR) is 66.9 cm³/mol. The van der Waals surface area contributed by atoms with Crippen LogP contribution in [0.3, 0.4) is 0 Å². The van der Waals surface area contributed by atoms with Gasteiger partial charge >= 0.3 is 0 Å². The molecular weight excluding hydrogens is 222 g/mol. The van der Waals surface area contributed by atoms with Crippen LogP contribution in [0.4, 0.5) is 0 Å². The first-order valence-corrected chi connectivity index (χ1v) is 6.79. The Hall–Kier alpha value is -0.680. The van der Waals surface area contributed by atoms with Gasteiger partial charge in [-0.3, -0.25) is 4.68 Å². The Morgan fingerprint density at radius 2 is 2.56 bits per heavy atom. The highest BCUT2D eigenvalue weighted by Gasteiger charge is 2.28. The molecule has 1 aliphatic heterocycles. The van der Waals surface area contributed by atoms with E-state index in [-0.39, 0.29) is 6.04 Å². The largest absolute Gasteiger partial charge is 0.493 e. The van der Waals surface area contributed by atoms with Gasteiger partial charge < -0.3 is 10.5 Å². The minimum Gasteiger partial charge on any atom is -0.493 e. The highest BCUT2D eigenvalue weighted by molar-refractivity contribution is 8.00.